The summed E-state index contributed by atoms with van der Waals surface area (Å²) < 4.78 is 0. The van der Waals surface area contributed by atoms with Crippen molar-refractivity contribution in [2.45, 2.75) is 0 Å². The van der Waals surface area contributed by atoms with Crippen molar-refractivity contribution in [1.29, 1.82) is 0 Å². The highest BCUT2D eigenvalue weighted by atomic mass is 32.1. The van der Waals surface area contributed by atoms with Gasteiger partial charge in [-0.25, -0.2) is 0 Å². The monoisotopic (exact) mass is 174 g/mol. The molecule has 2 aliphatic heterocycles. The van der Waals surface area contributed by atoms with Crippen LogP contribution >= 0.6 is 13.5 Å². The van der Waals surface area contributed by atoms with E-state index in [4.69, 9.17) is 0 Å². The fourth-order valence-electron chi connectivity index (χ4n) is 0.283. The topological polar surface area (TPSA) is 98.9 Å². The molecule has 60 valence electrons. The summed E-state index contributed by atoms with van der Waals surface area (Å²) in [6.07, 6.45) is 0. The van der Waals surface area contributed by atoms with Crippen molar-refractivity contribution in [2.24, 2.45) is 41.4 Å². The second kappa shape index (κ2) is 6.86. The fourth-order valence-corrected chi connectivity index (χ4v) is 0.283. The lowest BCUT2D eigenvalue weighted by atomic mass is 11.2. The van der Waals surface area contributed by atoms with E-state index in [0.29, 0.717) is 13.3 Å². The molecule has 0 fully saturated rings. The molecule has 0 aromatic carbocycles. The van der Waals surface area contributed by atoms with E-state index in [9.17, 15) is 0 Å². The van der Waals surface area contributed by atoms with E-state index in [1.54, 1.807) is 0 Å². The molecule has 0 N–H and O–H groups in total. The Kier molecular flexibility index (Phi) is 6.08. The molecular formula is C2H6N8S. The van der Waals surface area contributed by atoms with E-state index < -0.39 is 0 Å². The average Bonchev–Trinajstić information content (AvgIpc) is 2.67. The van der Waals surface area contributed by atoms with Crippen molar-refractivity contribution in [3.05, 3.63) is 0 Å². The first-order valence-corrected chi connectivity index (χ1v) is 2.46. The van der Waals surface area contributed by atoms with Crippen molar-refractivity contribution in [1.82, 2.24) is 0 Å². The molecule has 0 aromatic rings. The summed E-state index contributed by atoms with van der Waals surface area (Å²) in [5, 5.41) is 26.2. The van der Waals surface area contributed by atoms with Gasteiger partial charge in [0, 0.05) is 0 Å². The summed E-state index contributed by atoms with van der Waals surface area (Å²) in [6, 6.07) is 0. The van der Waals surface area contributed by atoms with Gasteiger partial charge in [0.15, 0.2) is 13.3 Å². The predicted octanol–water partition coefficient (Wildman–Crippen LogP) is 1.67. The van der Waals surface area contributed by atoms with Crippen LogP contribution in [0, 0.1) is 0 Å². The van der Waals surface area contributed by atoms with Crippen LogP contribution in [-0.2, 0) is 0 Å². The third kappa shape index (κ3) is 5.21. The van der Waals surface area contributed by atoms with Crippen LogP contribution in [0.1, 0.15) is 0 Å². The number of hydrogen-bond donors (Lipinski definition) is 0. The summed E-state index contributed by atoms with van der Waals surface area (Å²) in [6.45, 7) is 0.833. The maximum atomic E-state index is 3.38. The molecule has 0 spiro atoms. The maximum absolute atomic E-state index is 3.38. The summed E-state index contributed by atoms with van der Waals surface area (Å²) in [5.41, 5.74) is 0. The van der Waals surface area contributed by atoms with Crippen molar-refractivity contribution < 1.29 is 0 Å². The van der Waals surface area contributed by atoms with Gasteiger partial charge >= 0.3 is 0 Å². The molecule has 0 saturated carbocycles. The SMILES string of the molecule is C1N=NN=N1.C1N=NN=N1.S. The van der Waals surface area contributed by atoms with Gasteiger partial charge in [-0.3, -0.25) is 0 Å². The van der Waals surface area contributed by atoms with E-state index in [0.717, 1.165) is 0 Å². The third-order valence-electron chi connectivity index (χ3n) is 0.586. The van der Waals surface area contributed by atoms with Gasteiger partial charge in [-0.1, -0.05) is 0 Å². The smallest absolute Gasteiger partial charge is 0.175 e. The lowest BCUT2D eigenvalue weighted by Gasteiger charge is -1.52. The first kappa shape index (κ1) is 9.75. The van der Waals surface area contributed by atoms with E-state index >= 15 is 0 Å². The minimum Gasteiger partial charge on any atom is -0.197 e. The fraction of sp³-hybridized carbons (Fsp3) is 1.00. The number of hydrogen-bond acceptors (Lipinski definition) is 8. The maximum Gasteiger partial charge on any atom is 0.175 e. The molecule has 0 amide bonds. The molecule has 8 nitrogen and oxygen atoms in total. The van der Waals surface area contributed by atoms with Crippen molar-refractivity contribution in [3.63, 3.8) is 0 Å². The molecule has 2 rings (SSSR count). The molecule has 0 aromatic heterocycles. The minimum atomic E-state index is 0. The van der Waals surface area contributed by atoms with Gasteiger partial charge in [-0.2, -0.15) is 13.5 Å². The molecule has 2 heterocycles. The van der Waals surface area contributed by atoms with Crippen LogP contribution in [0.3, 0.4) is 0 Å². The van der Waals surface area contributed by atoms with Gasteiger partial charge in [0.1, 0.15) is 0 Å². The van der Waals surface area contributed by atoms with Crippen LogP contribution < -0.4 is 0 Å². The van der Waals surface area contributed by atoms with E-state index in [1.165, 1.54) is 0 Å². The van der Waals surface area contributed by atoms with Gasteiger partial charge in [-0.05, 0) is 20.9 Å². The highest BCUT2D eigenvalue weighted by molar-refractivity contribution is 7.59. The molecular weight excluding hydrogens is 168 g/mol. The number of rotatable bonds is 0. The van der Waals surface area contributed by atoms with Crippen molar-refractivity contribution in [3.8, 4) is 0 Å². The van der Waals surface area contributed by atoms with Gasteiger partial charge in [0.05, 0.1) is 0 Å². The normalized spacial score (nSPS) is 16.0. The summed E-state index contributed by atoms with van der Waals surface area (Å²) in [7, 11) is 0. The van der Waals surface area contributed by atoms with Gasteiger partial charge in [0.2, 0.25) is 0 Å². The minimum absolute atomic E-state index is 0. The Morgan fingerprint density at radius 1 is 0.545 bits per heavy atom. The van der Waals surface area contributed by atoms with Crippen LogP contribution in [0.5, 0.6) is 0 Å². The van der Waals surface area contributed by atoms with Crippen molar-refractivity contribution >= 4 is 13.5 Å². The van der Waals surface area contributed by atoms with Crippen LogP contribution in [0.25, 0.3) is 0 Å². The van der Waals surface area contributed by atoms with Crippen LogP contribution in [0.15, 0.2) is 41.4 Å². The molecule has 0 radical (unpaired) electrons. The molecule has 0 aliphatic carbocycles. The zero-order valence-electron chi connectivity index (χ0n) is 5.49. The largest absolute Gasteiger partial charge is 0.197 e. The standard InChI is InChI=1S/2CH2N4.H2S/c2*1-2-4-5-3-1;/h2*1H2;1H2. The molecule has 0 bridgehead atoms. The Morgan fingerprint density at radius 3 is 0.909 bits per heavy atom. The van der Waals surface area contributed by atoms with Gasteiger partial charge in [-0.15, -0.1) is 20.5 Å². The van der Waals surface area contributed by atoms with Crippen LogP contribution in [0.2, 0.25) is 0 Å². The van der Waals surface area contributed by atoms with Crippen molar-refractivity contribution in [2.75, 3.05) is 13.3 Å². The van der Waals surface area contributed by atoms with Gasteiger partial charge < -0.3 is 0 Å². The summed E-state index contributed by atoms with van der Waals surface area (Å²) in [5.74, 6) is 0. The van der Waals surface area contributed by atoms with E-state index in [2.05, 4.69) is 41.4 Å². The molecule has 9 heteroatoms. The Labute approximate surface area is 69.0 Å². The number of nitrogens with zero attached hydrogens (tertiary/aromatic N) is 8. The first-order valence-electron chi connectivity index (χ1n) is 2.46. The quantitative estimate of drug-likeness (QED) is 0.533. The Balaban J connectivity index is 0.000000167. The van der Waals surface area contributed by atoms with Crippen LogP contribution in [-0.4, -0.2) is 13.3 Å². The van der Waals surface area contributed by atoms with Gasteiger partial charge in [0.25, 0.3) is 0 Å². The molecule has 11 heavy (non-hydrogen) atoms. The second-order valence-corrected chi connectivity index (χ2v) is 1.21. The van der Waals surface area contributed by atoms with Crippen LogP contribution in [0.4, 0.5) is 0 Å². The molecule has 0 unspecified atom stereocenters. The highest BCUT2D eigenvalue weighted by Gasteiger charge is 1.77. The summed E-state index contributed by atoms with van der Waals surface area (Å²) in [4.78, 5) is 0. The Morgan fingerprint density at radius 2 is 0.818 bits per heavy atom. The zero-order valence-corrected chi connectivity index (χ0v) is 6.49. The Bertz CT molecular complexity index is 150. The lowest BCUT2D eigenvalue weighted by Crippen LogP contribution is -1.52. The first-order chi connectivity index (χ1) is 5.00. The lowest BCUT2D eigenvalue weighted by molar-refractivity contribution is 1.05. The second-order valence-electron chi connectivity index (χ2n) is 1.21. The molecule has 0 atom stereocenters. The Hall–Kier alpha value is -1.25. The predicted molar refractivity (Wildman–Crippen MR) is 39.5 cm³/mol. The molecule has 0 saturated heterocycles. The zero-order chi connectivity index (χ0) is 7.07. The average molecular weight is 174 g/mol. The highest BCUT2D eigenvalue weighted by Crippen LogP contribution is 1.88. The molecule has 2 aliphatic rings. The third-order valence-corrected chi connectivity index (χ3v) is 0.586. The van der Waals surface area contributed by atoms with E-state index in [-0.39, 0.29) is 13.5 Å². The van der Waals surface area contributed by atoms with E-state index in [1.807, 2.05) is 0 Å². The summed E-state index contributed by atoms with van der Waals surface area (Å²) >= 11 is 0.